The van der Waals surface area contributed by atoms with Crippen molar-refractivity contribution in [3.05, 3.63) is 11.6 Å². The molecule has 2 aliphatic rings. The predicted molar refractivity (Wildman–Crippen MR) is 70.5 cm³/mol. The molecule has 1 saturated carbocycles. The summed E-state index contributed by atoms with van der Waals surface area (Å²) in [6.07, 6.45) is 5.94. The zero-order valence-electron chi connectivity index (χ0n) is 11.4. The van der Waals surface area contributed by atoms with Gasteiger partial charge in [0.15, 0.2) is 0 Å². The molecule has 0 saturated heterocycles. The lowest BCUT2D eigenvalue weighted by atomic mass is 9.88. The Balaban J connectivity index is 0.000000192. The summed E-state index contributed by atoms with van der Waals surface area (Å²) in [6.45, 7) is 1.35. The van der Waals surface area contributed by atoms with Gasteiger partial charge in [-0.05, 0) is 37.5 Å². The molecular formula is C14H24O5. The number of hydrogen-bond donors (Lipinski definition) is 4. The second kappa shape index (κ2) is 7.03. The van der Waals surface area contributed by atoms with Crippen LogP contribution in [0.3, 0.4) is 0 Å². The Hall–Kier alpha value is -0.910. The maximum Gasteiger partial charge on any atom is 0.331 e. The Bertz CT molecular complexity index is 315. The van der Waals surface area contributed by atoms with Gasteiger partial charge in [0.2, 0.25) is 0 Å². The highest BCUT2D eigenvalue weighted by Gasteiger charge is 2.35. The third-order valence-corrected chi connectivity index (χ3v) is 4.33. The van der Waals surface area contributed by atoms with Crippen molar-refractivity contribution in [3.63, 3.8) is 0 Å². The van der Waals surface area contributed by atoms with Crippen LogP contribution in [0.2, 0.25) is 0 Å². The molecule has 0 aromatic rings. The van der Waals surface area contributed by atoms with Crippen LogP contribution in [-0.4, -0.2) is 46.2 Å². The van der Waals surface area contributed by atoms with Crippen LogP contribution in [0.5, 0.6) is 0 Å². The van der Waals surface area contributed by atoms with Crippen LogP contribution < -0.4 is 0 Å². The minimum Gasteiger partial charge on any atom is -0.478 e. The summed E-state index contributed by atoms with van der Waals surface area (Å²) in [4.78, 5) is 10.5. The molecule has 0 radical (unpaired) electrons. The SMILES string of the molecule is CCC(CO)(CO)CO.O=C(O)C1=CC2CCC1C2. The van der Waals surface area contributed by atoms with Crippen molar-refractivity contribution < 1.29 is 25.2 Å². The van der Waals surface area contributed by atoms with Crippen molar-refractivity contribution in [2.45, 2.75) is 32.6 Å². The predicted octanol–water partition coefficient (Wildman–Crippen LogP) is 0.787. The molecule has 0 aliphatic heterocycles. The van der Waals surface area contributed by atoms with Gasteiger partial charge in [-0.25, -0.2) is 4.79 Å². The average Bonchev–Trinajstić information content (AvgIpc) is 3.05. The van der Waals surface area contributed by atoms with Crippen molar-refractivity contribution in [1.82, 2.24) is 0 Å². The van der Waals surface area contributed by atoms with Crippen LogP contribution in [0.15, 0.2) is 11.6 Å². The van der Waals surface area contributed by atoms with Gasteiger partial charge in [0.25, 0.3) is 0 Å². The molecule has 4 N–H and O–H groups in total. The normalized spacial score (nSPS) is 24.7. The molecule has 110 valence electrons. The fourth-order valence-electron chi connectivity index (χ4n) is 2.57. The molecule has 2 aliphatic carbocycles. The number of allylic oxidation sites excluding steroid dienone is 1. The van der Waals surface area contributed by atoms with E-state index < -0.39 is 11.4 Å². The molecule has 2 atom stereocenters. The molecule has 0 heterocycles. The molecule has 5 heteroatoms. The summed E-state index contributed by atoms with van der Waals surface area (Å²) in [7, 11) is 0. The zero-order valence-corrected chi connectivity index (χ0v) is 11.4. The number of hydrogen-bond acceptors (Lipinski definition) is 4. The third-order valence-electron chi connectivity index (χ3n) is 4.33. The summed E-state index contributed by atoms with van der Waals surface area (Å²) < 4.78 is 0. The monoisotopic (exact) mass is 272 g/mol. The van der Waals surface area contributed by atoms with E-state index >= 15 is 0 Å². The summed E-state index contributed by atoms with van der Waals surface area (Å²) in [5, 5.41) is 34.6. The van der Waals surface area contributed by atoms with Crippen molar-refractivity contribution in [1.29, 1.82) is 0 Å². The van der Waals surface area contributed by atoms with E-state index in [0.29, 0.717) is 23.8 Å². The summed E-state index contributed by atoms with van der Waals surface area (Å²) in [5.74, 6) is 0.283. The number of aliphatic carboxylic acids is 1. The van der Waals surface area contributed by atoms with Gasteiger partial charge in [0.05, 0.1) is 19.8 Å². The molecule has 2 bridgehead atoms. The number of rotatable bonds is 5. The van der Waals surface area contributed by atoms with Crippen LogP contribution in [0, 0.1) is 17.3 Å². The first-order valence-electron chi connectivity index (χ1n) is 6.79. The van der Waals surface area contributed by atoms with Gasteiger partial charge in [-0.2, -0.15) is 0 Å². The minimum absolute atomic E-state index is 0.156. The van der Waals surface area contributed by atoms with E-state index in [-0.39, 0.29) is 19.8 Å². The standard InChI is InChI=1S/C8H10O2.C6H14O3/c9-8(10)7-4-5-1-2-6(7)3-5;1-2-6(3-7,4-8)5-9/h4-6H,1-3H2,(H,9,10);7-9H,2-5H2,1H3. The molecule has 2 unspecified atom stereocenters. The molecule has 5 nitrogen and oxygen atoms in total. The number of aliphatic hydroxyl groups is 3. The lowest BCUT2D eigenvalue weighted by Crippen LogP contribution is -2.32. The van der Waals surface area contributed by atoms with Gasteiger partial charge in [0, 0.05) is 11.0 Å². The minimum atomic E-state index is -0.702. The number of carbonyl (C=O) groups is 1. The Morgan fingerprint density at radius 3 is 2.00 bits per heavy atom. The molecule has 2 rings (SSSR count). The molecule has 0 aromatic heterocycles. The lowest BCUT2D eigenvalue weighted by Gasteiger charge is -2.24. The number of fused-ring (bicyclic) bond motifs is 2. The topological polar surface area (TPSA) is 98.0 Å². The van der Waals surface area contributed by atoms with Crippen LogP contribution in [0.25, 0.3) is 0 Å². The fraction of sp³-hybridized carbons (Fsp3) is 0.786. The quantitative estimate of drug-likeness (QED) is 0.593. The highest BCUT2D eigenvalue weighted by molar-refractivity contribution is 5.88. The second-order valence-electron chi connectivity index (χ2n) is 5.53. The van der Waals surface area contributed by atoms with Crippen molar-refractivity contribution >= 4 is 5.97 Å². The van der Waals surface area contributed by atoms with E-state index in [4.69, 9.17) is 20.4 Å². The molecular weight excluding hydrogens is 248 g/mol. The largest absolute Gasteiger partial charge is 0.478 e. The lowest BCUT2D eigenvalue weighted by molar-refractivity contribution is -0.133. The van der Waals surface area contributed by atoms with E-state index in [9.17, 15) is 4.79 Å². The zero-order chi connectivity index (χ0) is 14.5. The second-order valence-corrected chi connectivity index (χ2v) is 5.53. The van der Waals surface area contributed by atoms with Gasteiger partial charge in [-0.15, -0.1) is 0 Å². The fourth-order valence-corrected chi connectivity index (χ4v) is 2.57. The van der Waals surface area contributed by atoms with Gasteiger partial charge in [0.1, 0.15) is 0 Å². The van der Waals surface area contributed by atoms with Gasteiger partial charge in [-0.1, -0.05) is 13.0 Å². The Labute approximate surface area is 113 Å². The first-order chi connectivity index (χ1) is 9.01. The van der Waals surface area contributed by atoms with Crippen LogP contribution in [-0.2, 0) is 4.79 Å². The van der Waals surface area contributed by atoms with E-state index in [1.54, 1.807) is 0 Å². The third kappa shape index (κ3) is 3.78. The van der Waals surface area contributed by atoms with Crippen LogP contribution in [0.4, 0.5) is 0 Å². The first-order valence-corrected chi connectivity index (χ1v) is 6.79. The molecule has 0 spiro atoms. The Morgan fingerprint density at radius 1 is 1.26 bits per heavy atom. The molecule has 0 aromatic carbocycles. The highest BCUT2D eigenvalue weighted by Crippen LogP contribution is 2.43. The summed E-state index contributed by atoms with van der Waals surface area (Å²) >= 11 is 0. The van der Waals surface area contributed by atoms with E-state index in [1.165, 1.54) is 6.42 Å². The first kappa shape index (κ1) is 16.1. The van der Waals surface area contributed by atoms with E-state index in [0.717, 1.165) is 12.8 Å². The Kier molecular flexibility index (Phi) is 5.97. The van der Waals surface area contributed by atoms with Gasteiger partial charge < -0.3 is 20.4 Å². The highest BCUT2D eigenvalue weighted by atomic mass is 16.4. The Morgan fingerprint density at radius 2 is 1.84 bits per heavy atom. The maximum absolute atomic E-state index is 10.5. The van der Waals surface area contributed by atoms with Gasteiger partial charge in [-0.3, -0.25) is 0 Å². The summed E-state index contributed by atoms with van der Waals surface area (Å²) in [5.41, 5.74) is 0.0104. The van der Waals surface area contributed by atoms with Crippen LogP contribution in [0.1, 0.15) is 32.6 Å². The molecule has 1 fully saturated rings. The van der Waals surface area contributed by atoms with Crippen molar-refractivity contribution in [2.75, 3.05) is 19.8 Å². The summed E-state index contributed by atoms with van der Waals surface area (Å²) in [6, 6.07) is 0. The number of carboxylic acid groups (broad SMARTS) is 1. The van der Waals surface area contributed by atoms with E-state index in [2.05, 4.69) is 0 Å². The smallest absolute Gasteiger partial charge is 0.331 e. The number of carboxylic acids is 1. The van der Waals surface area contributed by atoms with Crippen molar-refractivity contribution in [2.24, 2.45) is 17.3 Å². The molecule has 19 heavy (non-hydrogen) atoms. The molecule has 0 amide bonds. The maximum atomic E-state index is 10.5. The van der Waals surface area contributed by atoms with Gasteiger partial charge >= 0.3 is 5.97 Å². The average molecular weight is 272 g/mol. The van der Waals surface area contributed by atoms with Crippen molar-refractivity contribution in [3.8, 4) is 0 Å². The van der Waals surface area contributed by atoms with Crippen LogP contribution >= 0.6 is 0 Å². The number of aliphatic hydroxyl groups excluding tert-OH is 3. The van der Waals surface area contributed by atoms with E-state index in [1.807, 2.05) is 13.0 Å².